The van der Waals surface area contributed by atoms with E-state index in [1.54, 1.807) is 7.11 Å². The molecule has 0 heterocycles. The molecule has 98 valence electrons. The Kier molecular flexibility index (Phi) is 3.74. The minimum absolute atomic E-state index is 0.127. The Balaban J connectivity index is 2.37. The van der Waals surface area contributed by atoms with Crippen molar-refractivity contribution in [2.45, 2.75) is 44.9 Å². The van der Waals surface area contributed by atoms with Crippen molar-refractivity contribution in [2.75, 3.05) is 7.11 Å². The van der Waals surface area contributed by atoms with Crippen molar-refractivity contribution >= 4 is 5.78 Å². The number of carbonyl (C=O) groups excluding carboxylic acids is 1. The predicted molar refractivity (Wildman–Crippen MR) is 73.0 cm³/mol. The first-order valence-corrected chi connectivity index (χ1v) is 6.73. The third-order valence-electron chi connectivity index (χ3n) is 4.23. The van der Waals surface area contributed by atoms with Gasteiger partial charge in [0.25, 0.3) is 0 Å². The third-order valence-corrected chi connectivity index (χ3v) is 4.23. The quantitative estimate of drug-likeness (QED) is 0.812. The van der Waals surface area contributed by atoms with E-state index >= 15 is 0 Å². The molecule has 0 bridgehead atoms. The molecule has 1 fully saturated rings. The first kappa shape index (κ1) is 13.1. The zero-order chi connectivity index (χ0) is 13.2. The van der Waals surface area contributed by atoms with Crippen LogP contribution in [0.25, 0.3) is 0 Å². The molecule has 2 nitrogen and oxygen atoms in total. The Labute approximate surface area is 109 Å². The highest BCUT2D eigenvalue weighted by molar-refractivity contribution is 5.83. The van der Waals surface area contributed by atoms with Crippen molar-refractivity contribution in [3.63, 3.8) is 0 Å². The molecule has 1 saturated carbocycles. The fourth-order valence-corrected chi connectivity index (χ4v) is 3.11. The van der Waals surface area contributed by atoms with Crippen LogP contribution in [0.5, 0.6) is 5.75 Å². The van der Waals surface area contributed by atoms with Crippen LogP contribution >= 0.6 is 0 Å². The van der Waals surface area contributed by atoms with E-state index in [1.165, 1.54) is 0 Å². The summed E-state index contributed by atoms with van der Waals surface area (Å²) in [5.41, 5.74) is 0.997. The zero-order valence-corrected chi connectivity index (χ0v) is 11.5. The molecule has 1 aliphatic rings. The molecule has 0 N–H and O–H groups in total. The van der Waals surface area contributed by atoms with Gasteiger partial charge in [0.2, 0.25) is 0 Å². The van der Waals surface area contributed by atoms with Crippen LogP contribution in [0.15, 0.2) is 24.3 Å². The van der Waals surface area contributed by atoms with Gasteiger partial charge in [-0.05, 0) is 18.9 Å². The van der Waals surface area contributed by atoms with Crippen molar-refractivity contribution in [1.82, 2.24) is 0 Å². The lowest BCUT2D eigenvalue weighted by atomic mass is 9.66. The summed E-state index contributed by atoms with van der Waals surface area (Å²) in [5.74, 6) is 1.43. The number of hydrogen-bond acceptors (Lipinski definition) is 2. The lowest BCUT2D eigenvalue weighted by Crippen LogP contribution is -2.37. The van der Waals surface area contributed by atoms with Crippen LogP contribution in [0.4, 0.5) is 0 Å². The van der Waals surface area contributed by atoms with Crippen LogP contribution in [0.2, 0.25) is 0 Å². The number of ether oxygens (including phenoxy) is 1. The fraction of sp³-hybridized carbons (Fsp3) is 0.562. The van der Waals surface area contributed by atoms with Gasteiger partial charge in [0, 0.05) is 23.3 Å². The van der Waals surface area contributed by atoms with Gasteiger partial charge in [-0.15, -0.1) is 0 Å². The van der Waals surface area contributed by atoms with Gasteiger partial charge < -0.3 is 4.74 Å². The van der Waals surface area contributed by atoms with Crippen LogP contribution in [0.3, 0.4) is 0 Å². The number of carbonyl (C=O) groups is 1. The van der Waals surface area contributed by atoms with E-state index in [1.807, 2.05) is 18.2 Å². The van der Waals surface area contributed by atoms with E-state index in [9.17, 15) is 4.79 Å². The summed E-state index contributed by atoms with van der Waals surface area (Å²) in [4.78, 5) is 12.2. The molecule has 1 atom stereocenters. The van der Waals surface area contributed by atoms with Gasteiger partial charge in [-0.25, -0.2) is 0 Å². The van der Waals surface area contributed by atoms with Gasteiger partial charge in [-0.1, -0.05) is 38.5 Å². The predicted octanol–water partition coefficient (Wildman–Crippen LogP) is 3.73. The molecular formula is C16H22O2. The second kappa shape index (κ2) is 5.13. The molecule has 1 aromatic carbocycles. The summed E-state index contributed by atoms with van der Waals surface area (Å²) in [7, 11) is 1.69. The molecule has 0 amide bonds. The van der Waals surface area contributed by atoms with Crippen LogP contribution in [0.1, 0.15) is 45.1 Å². The van der Waals surface area contributed by atoms with E-state index in [-0.39, 0.29) is 11.3 Å². The lowest BCUT2D eigenvalue weighted by molar-refractivity contribution is -0.126. The molecule has 0 aromatic heterocycles. The van der Waals surface area contributed by atoms with Crippen molar-refractivity contribution in [3.8, 4) is 5.75 Å². The molecule has 2 rings (SSSR count). The summed E-state index contributed by atoms with van der Waals surface area (Å²) in [6.45, 7) is 4.33. The lowest BCUT2D eigenvalue weighted by Gasteiger charge is -2.37. The van der Waals surface area contributed by atoms with Gasteiger partial charge in [-0.2, -0.15) is 0 Å². The molecule has 2 heteroatoms. The van der Waals surface area contributed by atoms with Gasteiger partial charge in [-0.3, -0.25) is 4.79 Å². The summed E-state index contributed by atoms with van der Waals surface area (Å²) in [5, 5.41) is 0. The fourth-order valence-electron chi connectivity index (χ4n) is 3.11. The first-order chi connectivity index (χ1) is 8.57. The van der Waals surface area contributed by atoms with Crippen LogP contribution in [0, 0.1) is 5.92 Å². The maximum atomic E-state index is 12.2. The molecule has 0 spiro atoms. The number of ketones is 1. The second-order valence-corrected chi connectivity index (χ2v) is 5.69. The van der Waals surface area contributed by atoms with Crippen LogP contribution in [-0.2, 0) is 10.2 Å². The topological polar surface area (TPSA) is 26.3 Å². The highest BCUT2D eigenvalue weighted by Crippen LogP contribution is 2.42. The number of para-hydroxylation sites is 1. The number of methoxy groups -OCH3 is 1. The third kappa shape index (κ3) is 2.29. The van der Waals surface area contributed by atoms with E-state index in [0.717, 1.165) is 37.0 Å². The average molecular weight is 246 g/mol. The molecule has 0 saturated heterocycles. The smallest absolute Gasteiger partial charge is 0.136 e. The summed E-state index contributed by atoms with van der Waals surface area (Å²) in [6, 6.07) is 8.05. The van der Waals surface area contributed by atoms with Gasteiger partial charge in [0.15, 0.2) is 0 Å². The van der Waals surface area contributed by atoms with Gasteiger partial charge in [0.1, 0.15) is 11.5 Å². The molecular weight excluding hydrogens is 224 g/mol. The maximum Gasteiger partial charge on any atom is 0.136 e. The Morgan fingerprint density at radius 3 is 2.61 bits per heavy atom. The highest BCUT2D eigenvalue weighted by Gasteiger charge is 2.38. The SMILES string of the molecule is COc1ccccc1C(C)(C)C1CCCCC1=O. The molecule has 1 aliphatic carbocycles. The van der Waals surface area contributed by atoms with E-state index in [2.05, 4.69) is 19.9 Å². The Hall–Kier alpha value is -1.31. The van der Waals surface area contributed by atoms with Gasteiger partial charge >= 0.3 is 0 Å². The number of benzene rings is 1. The molecule has 18 heavy (non-hydrogen) atoms. The zero-order valence-electron chi connectivity index (χ0n) is 11.5. The van der Waals surface area contributed by atoms with Crippen molar-refractivity contribution in [3.05, 3.63) is 29.8 Å². The summed E-state index contributed by atoms with van der Waals surface area (Å²) < 4.78 is 5.45. The maximum absolute atomic E-state index is 12.2. The monoisotopic (exact) mass is 246 g/mol. The van der Waals surface area contributed by atoms with Crippen molar-refractivity contribution in [1.29, 1.82) is 0 Å². The first-order valence-electron chi connectivity index (χ1n) is 6.73. The Morgan fingerprint density at radius 2 is 1.94 bits per heavy atom. The number of Topliss-reactive ketones (excluding diaryl/α,β-unsaturated/α-hetero) is 1. The normalized spacial score (nSPS) is 20.8. The molecule has 0 aliphatic heterocycles. The van der Waals surface area contributed by atoms with Gasteiger partial charge in [0.05, 0.1) is 7.11 Å². The standard InChI is InChI=1S/C16H22O2/c1-16(2,12-8-4-6-10-14(12)17)13-9-5-7-11-15(13)18-3/h5,7,9,11-12H,4,6,8,10H2,1-3H3. The average Bonchev–Trinajstić information content (AvgIpc) is 2.39. The van der Waals surface area contributed by atoms with Crippen molar-refractivity contribution in [2.24, 2.45) is 5.92 Å². The Bertz CT molecular complexity index is 434. The number of rotatable bonds is 3. The van der Waals surface area contributed by atoms with Crippen LogP contribution in [-0.4, -0.2) is 12.9 Å². The van der Waals surface area contributed by atoms with E-state index in [4.69, 9.17) is 4.74 Å². The van der Waals surface area contributed by atoms with Crippen molar-refractivity contribution < 1.29 is 9.53 Å². The molecule has 1 unspecified atom stereocenters. The minimum Gasteiger partial charge on any atom is -0.496 e. The minimum atomic E-state index is -0.149. The second-order valence-electron chi connectivity index (χ2n) is 5.69. The van der Waals surface area contributed by atoms with E-state index in [0.29, 0.717) is 5.78 Å². The molecule has 0 radical (unpaired) electrons. The van der Waals surface area contributed by atoms with E-state index < -0.39 is 0 Å². The number of hydrogen-bond donors (Lipinski definition) is 0. The Morgan fingerprint density at radius 1 is 1.22 bits per heavy atom. The summed E-state index contributed by atoms with van der Waals surface area (Å²) in [6.07, 6.45) is 3.96. The molecule has 1 aromatic rings. The van der Waals surface area contributed by atoms with Crippen LogP contribution < -0.4 is 4.74 Å². The highest BCUT2D eigenvalue weighted by atomic mass is 16.5. The summed E-state index contributed by atoms with van der Waals surface area (Å²) >= 11 is 0. The largest absolute Gasteiger partial charge is 0.496 e.